The Hall–Kier alpha value is -0.810. The molecular formula is C8H16N2O3. The molecule has 0 saturated carbocycles. The Labute approximate surface area is 77.7 Å². The van der Waals surface area contributed by atoms with Gasteiger partial charge in [0.1, 0.15) is 0 Å². The maximum atomic E-state index is 10.7. The lowest BCUT2D eigenvalue weighted by Crippen LogP contribution is -2.53. The van der Waals surface area contributed by atoms with Gasteiger partial charge in [0.25, 0.3) is 0 Å². The van der Waals surface area contributed by atoms with Gasteiger partial charge >= 0.3 is 6.09 Å². The van der Waals surface area contributed by atoms with Crippen molar-refractivity contribution in [1.82, 2.24) is 10.2 Å². The van der Waals surface area contributed by atoms with Crippen LogP contribution in [0.5, 0.6) is 0 Å². The molecule has 1 aliphatic rings. The lowest BCUT2D eigenvalue weighted by Gasteiger charge is -2.36. The van der Waals surface area contributed by atoms with Crippen LogP contribution in [0.1, 0.15) is 6.42 Å². The minimum Gasteiger partial charge on any atom is -0.465 e. The summed E-state index contributed by atoms with van der Waals surface area (Å²) >= 11 is 0. The molecule has 0 radical (unpaired) electrons. The van der Waals surface area contributed by atoms with Gasteiger partial charge in [-0.1, -0.05) is 0 Å². The Kier molecular flexibility index (Phi) is 3.50. The third kappa shape index (κ3) is 2.32. The first-order valence-corrected chi connectivity index (χ1v) is 4.37. The molecule has 5 nitrogen and oxygen atoms in total. The van der Waals surface area contributed by atoms with Crippen LogP contribution in [0.4, 0.5) is 4.79 Å². The Bertz CT molecular complexity index is 186. The number of nitrogens with one attached hydrogen (secondary N) is 1. The standard InChI is InChI=1S/C8H16N2O3/c1-9-6-3-4-10(8(11)12)5-7(6)13-2/h6-7,9H,3-5H2,1-2H3,(H,11,12). The summed E-state index contributed by atoms with van der Waals surface area (Å²) in [6.07, 6.45) is -0.0900. The van der Waals surface area contributed by atoms with E-state index in [9.17, 15) is 4.79 Å². The summed E-state index contributed by atoms with van der Waals surface area (Å²) in [6, 6.07) is 0.264. The SMILES string of the molecule is CNC1CCN(C(=O)O)CC1OC. The molecule has 1 aliphatic heterocycles. The second-order valence-corrected chi connectivity index (χ2v) is 3.19. The molecule has 76 valence electrons. The van der Waals surface area contributed by atoms with Crippen LogP contribution in [0, 0.1) is 0 Å². The van der Waals surface area contributed by atoms with E-state index >= 15 is 0 Å². The molecule has 2 atom stereocenters. The van der Waals surface area contributed by atoms with Crippen molar-refractivity contribution in [3.05, 3.63) is 0 Å². The second kappa shape index (κ2) is 4.43. The molecule has 2 unspecified atom stereocenters. The molecule has 0 aliphatic carbocycles. The number of methoxy groups -OCH3 is 1. The number of carboxylic acid groups (broad SMARTS) is 1. The van der Waals surface area contributed by atoms with Crippen molar-refractivity contribution in [3.8, 4) is 0 Å². The number of likely N-dealkylation sites (N-methyl/N-ethyl adjacent to an activating group) is 1. The molecule has 1 saturated heterocycles. The van der Waals surface area contributed by atoms with Crippen LogP contribution in [0.3, 0.4) is 0 Å². The maximum absolute atomic E-state index is 10.7. The normalized spacial score (nSPS) is 28.9. The van der Waals surface area contributed by atoms with E-state index in [1.165, 1.54) is 4.90 Å². The van der Waals surface area contributed by atoms with Crippen molar-refractivity contribution >= 4 is 6.09 Å². The fourth-order valence-electron chi connectivity index (χ4n) is 1.66. The van der Waals surface area contributed by atoms with E-state index in [2.05, 4.69) is 5.32 Å². The van der Waals surface area contributed by atoms with Crippen LogP contribution in [0.25, 0.3) is 0 Å². The van der Waals surface area contributed by atoms with Gasteiger partial charge in [0.05, 0.1) is 12.6 Å². The van der Waals surface area contributed by atoms with Crippen LogP contribution >= 0.6 is 0 Å². The zero-order valence-corrected chi connectivity index (χ0v) is 7.99. The van der Waals surface area contributed by atoms with Crippen LogP contribution in [0.2, 0.25) is 0 Å². The summed E-state index contributed by atoms with van der Waals surface area (Å²) in [5, 5.41) is 11.9. The molecule has 0 bridgehead atoms. The van der Waals surface area contributed by atoms with Crippen LogP contribution in [-0.2, 0) is 4.74 Å². The quantitative estimate of drug-likeness (QED) is 0.639. The number of carbonyl (C=O) groups is 1. The first kappa shape index (κ1) is 10.3. The molecular weight excluding hydrogens is 172 g/mol. The van der Waals surface area contributed by atoms with Crippen molar-refractivity contribution in [2.45, 2.75) is 18.6 Å². The molecule has 2 N–H and O–H groups in total. The fourth-order valence-corrected chi connectivity index (χ4v) is 1.66. The van der Waals surface area contributed by atoms with Crippen LogP contribution in [-0.4, -0.2) is 55.5 Å². The number of ether oxygens (including phenoxy) is 1. The van der Waals surface area contributed by atoms with Gasteiger partial charge in [0.2, 0.25) is 0 Å². The lowest BCUT2D eigenvalue weighted by atomic mass is 10.0. The smallest absolute Gasteiger partial charge is 0.407 e. The molecule has 0 aromatic heterocycles. The van der Waals surface area contributed by atoms with Crippen molar-refractivity contribution in [3.63, 3.8) is 0 Å². The zero-order valence-electron chi connectivity index (χ0n) is 7.99. The predicted molar refractivity (Wildman–Crippen MR) is 47.9 cm³/mol. The molecule has 1 fully saturated rings. The molecule has 0 aromatic carbocycles. The third-order valence-corrected chi connectivity index (χ3v) is 2.50. The fraction of sp³-hybridized carbons (Fsp3) is 0.875. The van der Waals surface area contributed by atoms with Crippen molar-refractivity contribution < 1.29 is 14.6 Å². The predicted octanol–water partition coefficient (Wildman–Crippen LogP) is -0.0269. The van der Waals surface area contributed by atoms with Gasteiger partial charge in [0.15, 0.2) is 0 Å². The minimum absolute atomic E-state index is 0.0325. The highest BCUT2D eigenvalue weighted by molar-refractivity contribution is 5.65. The zero-order chi connectivity index (χ0) is 9.84. The Balaban J connectivity index is 2.52. The lowest BCUT2D eigenvalue weighted by molar-refractivity contribution is 0.0117. The van der Waals surface area contributed by atoms with Crippen molar-refractivity contribution in [2.24, 2.45) is 0 Å². The Morgan fingerprint density at radius 2 is 2.38 bits per heavy atom. The Morgan fingerprint density at radius 3 is 2.85 bits per heavy atom. The highest BCUT2D eigenvalue weighted by atomic mass is 16.5. The number of piperidine rings is 1. The number of rotatable bonds is 2. The number of nitrogens with zero attached hydrogens (tertiary/aromatic N) is 1. The summed E-state index contributed by atoms with van der Waals surface area (Å²) in [4.78, 5) is 12.1. The number of hydrogen-bond donors (Lipinski definition) is 2. The average molecular weight is 188 g/mol. The highest BCUT2D eigenvalue weighted by Crippen LogP contribution is 2.13. The molecule has 5 heteroatoms. The van der Waals surface area contributed by atoms with Gasteiger partial charge in [-0.2, -0.15) is 0 Å². The molecule has 0 spiro atoms. The first-order valence-electron chi connectivity index (χ1n) is 4.37. The third-order valence-electron chi connectivity index (χ3n) is 2.50. The largest absolute Gasteiger partial charge is 0.465 e. The van der Waals surface area contributed by atoms with E-state index in [1.807, 2.05) is 7.05 Å². The number of hydrogen-bond acceptors (Lipinski definition) is 3. The summed E-state index contributed by atoms with van der Waals surface area (Å²) < 4.78 is 5.21. The monoisotopic (exact) mass is 188 g/mol. The Morgan fingerprint density at radius 1 is 1.69 bits per heavy atom. The van der Waals surface area contributed by atoms with E-state index in [1.54, 1.807) is 7.11 Å². The van der Waals surface area contributed by atoms with Gasteiger partial charge < -0.3 is 20.1 Å². The van der Waals surface area contributed by atoms with E-state index < -0.39 is 6.09 Å². The minimum atomic E-state index is -0.864. The second-order valence-electron chi connectivity index (χ2n) is 3.19. The van der Waals surface area contributed by atoms with Gasteiger partial charge in [-0.25, -0.2) is 4.79 Å². The van der Waals surface area contributed by atoms with Crippen molar-refractivity contribution in [1.29, 1.82) is 0 Å². The van der Waals surface area contributed by atoms with Gasteiger partial charge in [0, 0.05) is 19.7 Å². The van der Waals surface area contributed by atoms with Crippen LogP contribution in [0.15, 0.2) is 0 Å². The van der Waals surface area contributed by atoms with E-state index in [0.717, 1.165) is 6.42 Å². The number of amides is 1. The topological polar surface area (TPSA) is 61.8 Å². The highest BCUT2D eigenvalue weighted by Gasteiger charge is 2.30. The van der Waals surface area contributed by atoms with E-state index in [4.69, 9.17) is 9.84 Å². The summed E-state index contributed by atoms with van der Waals surface area (Å²) in [7, 11) is 3.48. The van der Waals surface area contributed by atoms with E-state index in [-0.39, 0.29) is 12.1 Å². The molecule has 0 aromatic rings. The van der Waals surface area contributed by atoms with Crippen molar-refractivity contribution in [2.75, 3.05) is 27.2 Å². The first-order chi connectivity index (χ1) is 6.19. The summed E-state index contributed by atoms with van der Waals surface area (Å²) in [5.74, 6) is 0. The van der Waals surface area contributed by atoms with Crippen LogP contribution < -0.4 is 5.32 Å². The summed E-state index contributed by atoms with van der Waals surface area (Å²) in [5.41, 5.74) is 0. The summed E-state index contributed by atoms with van der Waals surface area (Å²) in [6.45, 7) is 1.04. The average Bonchev–Trinajstić information content (AvgIpc) is 2.16. The molecule has 1 rings (SSSR count). The molecule has 13 heavy (non-hydrogen) atoms. The van der Waals surface area contributed by atoms with Gasteiger partial charge in [-0.05, 0) is 13.5 Å². The van der Waals surface area contributed by atoms with Gasteiger partial charge in [-0.3, -0.25) is 0 Å². The maximum Gasteiger partial charge on any atom is 0.407 e. The molecule has 1 heterocycles. The van der Waals surface area contributed by atoms with Gasteiger partial charge in [-0.15, -0.1) is 0 Å². The van der Waals surface area contributed by atoms with E-state index in [0.29, 0.717) is 13.1 Å². The molecule has 1 amide bonds. The number of likely N-dealkylation sites (tertiary alicyclic amines) is 1.